The van der Waals surface area contributed by atoms with Crippen molar-refractivity contribution in [3.05, 3.63) is 6.42 Å². The molecule has 1 saturated carbocycles. The second-order valence-corrected chi connectivity index (χ2v) is 2.90. The maximum absolute atomic E-state index is 12.8. The van der Waals surface area contributed by atoms with Gasteiger partial charge in [0, 0.05) is 12.3 Å². The highest BCUT2D eigenvalue weighted by atomic mass is 19.3. The average molecular weight is 147 g/mol. The first-order valence-corrected chi connectivity index (χ1v) is 3.88. The molecular formula is C8H13F2. The number of hydrogen-bond donors (Lipinski definition) is 0. The smallest absolute Gasteiger partial charge is 0.207 e. The van der Waals surface area contributed by atoms with Gasteiger partial charge in [-0.1, -0.05) is 13.3 Å². The van der Waals surface area contributed by atoms with Crippen LogP contribution in [-0.4, -0.2) is 5.92 Å². The Balaban J connectivity index is 2.43. The Morgan fingerprint density at radius 1 is 1.60 bits per heavy atom. The van der Waals surface area contributed by atoms with Gasteiger partial charge in [0.05, 0.1) is 0 Å². The van der Waals surface area contributed by atoms with Crippen molar-refractivity contribution in [2.75, 3.05) is 0 Å². The third kappa shape index (κ3) is 1.47. The van der Waals surface area contributed by atoms with Crippen molar-refractivity contribution >= 4 is 0 Å². The molecule has 0 aliphatic heterocycles. The topological polar surface area (TPSA) is 0 Å². The van der Waals surface area contributed by atoms with Gasteiger partial charge in [0.15, 0.2) is 0 Å². The van der Waals surface area contributed by atoms with E-state index < -0.39 is 11.8 Å². The largest absolute Gasteiger partial charge is 0.251 e. The van der Waals surface area contributed by atoms with Crippen molar-refractivity contribution in [3.8, 4) is 0 Å². The SMILES string of the molecule is CC[CH]C1CCCC1(F)F. The molecule has 0 spiro atoms. The van der Waals surface area contributed by atoms with Crippen LogP contribution in [-0.2, 0) is 0 Å². The van der Waals surface area contributed by atoms with Crippen molar-refractivity contribution in [1.29, 1.82) is 0 Å². The van der Waals surface area contributed by atoms with E-state index in [0.717, 1.165) is 6.42 Å². The Labute approximate surface area is 60.6 Å². The van der Waals surface area contributed by atoms with Crippen molar-refractivity contribution in [3.63, 3.8) is 0 Å². The van der Waals surface area contributed by atoms with E-state index in [1.807, 2.05) is 6.92 Å². The summed E-state index contributed by atoms with van der Waals surface area (Å²) < 4.78 is 25.5. The third-order valence-corrected chi connectivity index (χ3v) is 2.09. The van der Waals surface area contributed by atoms with Crippen LogP contribution in [0.5, 0.6) is 0 Å². The van der Waals surface area contributed by atoms with Crippen molar-refractivity contribution in [2.24, 2.45) is 5.92 Å². The van der Waals surface area contributed by atoms with Crippen molar-refractivity contribution < 1.29 is 8.78 Å². The Morgan fingerprint density at radius 3 is 2.70 bits per heavy atom. The van der Waals surface area contributed by atoms with E-state index in [4.69, 9.17) is 0 Å². The predicted octanol–water partition coefficient (Wildman–Crippen LogP) is 3.04. The molecule has 1 atom stereocenters. The maximum Gasteiger partial charge on any atom is 0.251 e. The lowest BCUT2D eigenvalue weighted by molar-refractivity contribution is -0.0259. The summed E-state index contributed by atoms with van der Waals surface area (Å²) in [5.74, 6) is -2.83. The summed E-state index contributed by atoms with van der Waals surface area (Å²) in [6.07, 6.45) is 3.97. The highest BCUT2D eigenvalue weighted by molar-refractivity contribution is 4.91. The van der Waals surface area contributed by atoms with Crippen LogP contribution in [0.1, 0.15) is 32.6 Å². The first kappa shape index (κ1) is 7.96. The van der Waals surface area contributed by atoms with Gasteiger partial charge in [0.1, 0.15) is 0 Å². The molecule has 0 aromatic carbocycles. The fraction of sp³-hybridized carbons (Fsp3) is 0.875. The number of alkyl halides is 2. The molecule has 0 aromatic rings. The fourth-order valence-electron chi connectivity index (χ4n) is 1.53. The quantitative estimate of drug-likeness (QED) is 0.563. The number of halogens is 2. The van der Waals surface area contributed by atoms with E-state index in [2.05, 4.69) is 0 Å². The minimum absolute atomic E-state index is 0.0914. The van der Waals surface area contributed by atoms with E-state index >= 15 is 0 Å². The molecule has 1 fully saturated rings. The van der Waals surface area contributed by atoms with Crippen LogP contribution in [0.3, 0.4) is 0 Å². The van der Waals surface area contributed by atoms with E-state index in [-0.39, 0.29) is 6.42 Å². The highest BCUT2D eigenvalue weighted by Gasteiger charge is 2.42. The van der Waals surface area contributed by atoms with Gasteiger partial charge in [0.25, 0.3) is 5.92 Å². The molecule has 0 saturated heterocycles. The highest BCUT2D eigenvalue weighted by Crippen LogP contribution is 2.42. The lowest BCUT2D eigenvalue weighted by Crippen LogP contribution is -2.21. The molecule has 0 bridgehead atoms. The molecule has 2 heteroatoms. The molecule has 0 amide bonds. The first-order chi connectivity index (χ1) is 4.67. The van der Waals surface area contributed by atoms with Gasteiger partial charge in [-0.3, -0.25) is 0 Å². The van der Waals surface area contributed by atoms with Crippen LogP contribution in [0.15, 0.2) is 0 Å². The summed E-state index contributed by atoms with van der Waals surface area (Å²) in [4.78, 5) is 0. The molecule has 1 unspecified atom stereocenters. The number of hydrogen-bond acceptors (Lipinski definition) is 0. The van der Waals surface area contributed by atoms with Gasteiger partial charge in [0.2, 0.25) is 0 Å². The Morgan fingerprint density at radius 2 is 2.30 bits per heavy atom. The van der Waals surface area contributed by atoms with Crippen LogP contribution in [0.25, 0.3) is 0 Å². The molecule has 0 nitrogen and oxygen atoms in total. The van der Waals surface area contributed by atoms with Crippen molar-refractivity contribution in [2.45, 2.75) is 38.5 Å². The van der Waals surface area contributed by atoms with Crippen LogP contribution in [0.4, 0.5) is 8.78 Å². The zero-order chi connectivity index (χ0) is 7.61. The fourth-order valence-corrected chi connectivity index (χ4v) is 1.53. The maximum atomic E-state index is 12.8. The first-order valence-electron chi connectivity index (χ1n) is 3.88. The molecular weight excluding hydrogens is 134 g/mol. The Hall–Kier alpha value is -0.140. The molecule has 1 aliphatic rings. The Bertz CT molecular complexity index is 110. The van der Waals surface area contributed by atoms with Gasteiger partial charge in [-0.25, -0.2) is 8.78 Å². The zero-order valence-corrected chi connectivity index (χ0v) is 6.24. The zero-order valence-electron chi connectivity index (χ0n) is 6.24. The van der Waals surface area contributed by atoms with Gasteiger partial charge in [-0.05, 0) is 19.3 Å². The van der Waals surface area contributed by atoms with Crippen LogP contribution in [0.2, 0.25) is 0 Å². The number of rotatable bonds is 2. The summed E-state index contributed by atoms with van der Waals surface area (Å²) in [5.41, 5.74) is 0. The monoisotopic (exact) mass is 147 g/mol. The van der Waals surface area contributed by atoms with E-state index in [0.29, 0.717) is 12.8 Å². The molecule has 10 heavy (non-hydrogen) atoms. The molecule has 1 radical (unpaired) electrons. The summed E-state index contributed by atoms with van der Waals surface area (Å²) in [6, 6.07) is 0. The minimum Gasteiger partial charge on any atom is -0.207 e. The average Bonchev–Trinajstić information content (AvgIpc) is 2.13. The molecule has 0 N–H and O–H groups in total. The van der Waals surface area contributed by atoms with E-state index in [1.54, 1.807) is 6.42 Å². The minimum atomic E-state index is -2.39. The van der Waals surface area contributed by atoms with E-state index in [1.165, 1.54) is 0 Å². The summed E-state index contributed by atoms with van der Waals surface area (Å²) >= 11 is 0. The van der Waals surface area contributed by atoms with E-state index in [9.17, 15) is 8.78 Å². The predicted molar refractivity (Wildman–Crippen MR) is 36.9 cm³/mol. The molecule has 1 aliphatic carbocycles. The van der Waals surface area contributed by atoms with Crippen LogP contribution >= 0.6 is 0 Å². The summed E-state index contributed by atoms with van der Waals surface area (Å²) in [7, 11) is 0. The second kappa shape index (κ2) is 2.85. The van der Waals surface area contributed by atoms with Gasteiger partial charge < -0.3 is 0 Å². The standard InChI is InChI=1S/C8H13F2/c1-2-4-7-5-3-6-8(7,9)10/h4,7H,2-3,5-6H2,1H3. The second-order valence-electron chi connectivity index (χ2n) is 2.90. The lowest BCUT2D eigenvalue weighted by atomic mass is 10.00. The van der Waals surface area contributed by atoms with Gasteiger partial charge in [-0.15, -0.1) is 0 Å². The third-order valence-electron chi connectivity index (χ3n) is 2.09. The molecule has 0 aromatic heterocycles. The summed E-state index contributed by atoms with van der Waals surface area (Å²) in [6.45, 7) is 1.91. The normalized spacial score (nSPS) is 30.9. The molecule has 1 rings (SSSR count). The van der Waals surface area contributed by atoms with Crippen LogP contribution < -0.4 is 0 Å². The van der Waals surface area contributed by atoms with Crippen LogP contribution in [0, 0.1) is 12.3 Å². The van der Waals surface area contributed by atoms with Gasteiger partial charge in [-0.2, -0.15) is 0 Å². The molecule has 59 valence electrons. The summed E-state index contributed by atoms with van der Waals surface area (Å²) in [5, 5.41) is 0. The van der Waals surface area contributed by atoms with Gasteiger partial charge >= 0.3 is 0 Å². The molecule has 0 heterocycles. The van der Waals surface area contributed by atoms with Crippen molar-refractivity contribution in [1.82, 2.24) is 0 Å². The Kier molecular flexibility index (Phi) is 2.27. The lowest BCUT2D eigenvalue weighted by Gasteiger charge is -2.17.